The lowest BCUT2D eigenvalue weighted by Gasteiger charge is -2.30. The first kappa shape index (κ1) is 17.3. The van der Waals surface area contributed by atoms with Gasteiger partial charge in [0.1, 0.15) is 11.5 Å². The summed E-state index contributed by atoms with van der Waals surface area (Å²) in [6, 6.07) is 1.79. The van der Waals surface area contributed by atoms with Crippen molar-refractivity contribution < 1.29 is 18.0 Å². The van der Waals surface area contributed by atoms with Gasteiger partial charge in [0, 0.05) is 6.54 Å². The van der Waals surface area contributed by atoms with E-state index in [4.69, 9.17) is 5.73 Å². The molecule has 0 saturated heterocycles. The zero-order valence-corrected chi connectivity index (χ0v) is 12.5. The number of carbonyl (C=O) groups excluding carboxylic acids is 1. The van der Waals surface area contributed by atoms with Crippen LogP contribution in [0.25, 0.3) is 0 Å². The normalized spacial score (nSPS) is 12.6. The van der Waals surface area contributed by atoms with Crippen LogP contribution in [0.2, 0.25) is 0 Å². The molecule has 1 amide bonds. The molecule has 0 aliphatic heterocycles. The second-order valence-electron chi connectivity index (χ2n) is 5.95. The van der Waals surface area contributed by atoms with Crippen LogP contribution < -0.4 is 11.1 Å². The molecule has 4 nitrogen and oxygen atoms in total. The highest BCUT2D eigenvalue weighted by Gasteiger charge is 2.33. The number of anilines is 1. The average molecular weight is 303 g/mol. The molecule has 0 bridgehead atoms. The SMILES string of the molecule is CC(C)C(C)(C)CNc1nc(C(F)(F)F)ccc1C(N)=O. The minimum absolute atomic E-state index is 0.0532. The van der Waals surface area contributed by atoms with Gasteiger partial charge in [-0.2, -0.15) is 13.2 Å². The van der Waals surface area contributed by atoms with Crippen molar-refractivity contribution in [3.8, 4) is 0 Å². The number of nitrogens with zero attached hydrogens (tertiary/aromatic N) is 1. The molecule has 0 aromatic carbocycles. The number of halogens is 3. The Kier molecular flexibility index (Phi) is 4.86. The molecule has 1 aromatic heterocycles. The van der Waals surface area contributed by atoms with Crippen molar-refractivity contribution in [2.24, 2.45) is 17.1 Å². The number of rotatable bonds is 5. The molecule has 0 aliphatic rings. The minimum atomic E-state index is -4.57. The van der Waals surface area contributed by atoms with Crippen LogP contribution in [0.1, 0.15) is 43.7 Å². The maximum absolute atomic E-state index is 12.7. The molecule has 0 saturated carbocycles. The Morgan fingerprint density at radius 1 is 1.33 bits per heavy atom. The van der Waals surface area contributed by atoms with Crippen molar-refractivity contribution in [1.82, 2.24) is 4.98 Å². The summed E-state index contributed by atoms with van der Waals surface area (Å²) in [4.78, 5) is 14.8. The van der Waals surface area contributed by atoms with Crippen LogP contribution in [-0.2, 0) is 6.18 Å². The Hall–Kier alpha value is -1.79. The molecule has 7 heteroatoms. The van der Waals surface area contributed by atoms with E-state index in [0.29, 0.717) is 12.5 Å². The lowest BCUT2D eigenvalue weighted by atomic mass is 9.81. The number of hydrogen-bond donors (Lipinski definition) is 2. The van der Waals surface area contributed by atoms with Crippen molar-refractivity contribution >= 4 is 11.7 Å². The van der Waals surface area contributed by atoms with Crippen LogP contribution in [-0.4, -0.2) is 17.4 Å². The molecule has 118 valence electrons. The highest BCUT2D eigenvalue weighted by Crippen LogP contribution is 2.31. The molecule has 1 heterocycles. The van der Waals surface area contributed by atoms with Gasteiger partial charge in [-0.1, -0.05) is 27.7 Å². The topological polar surface area (TPSA) is 68.0 Å². The summed E-state index contributed by atoms with van der Waals surface area (Å²) in [5, 5.41) is 2.82. The van der Waals surface area contributed by atoms with E-state index in [1.54, 1.807) is 0 Å². The predicted molar refractivity (Wildman–Crippen MR) is 74.9 cm³/mol. The highest BCUT2D eigenvalue weighted by molar-refractivity contribution is 5.97. The zero-order chi connectivity index (χ0) is 16.4. The van der Waals surface area contributed by atoms with E-state index in [1.807, 2.05) is 27.7 Å². The first-order valence-electron chi connectivity index (χ1n) is 6.57. The fraction of sp³-hybridized carbons (Fsp3) is 0.571. The van der Waals surface area contributed by atoms with E-state index in [9.17, 15) is 18.0 Å². The number of alkyl halides is 3. The molecular formula is C14H20F3N3O. The molecule has 0 unspecified atom stereocenters. The van der Waals surface area contributed by atoms with Crippen LogP contribution in [0.15, 0.2) is 12.1 Å². The second-order valence-corrected chi connectivity index (χ2v) is 5.95. The van der Waals surface area contributed by atoms with Crippen molar-refractivity contribution in [3.63, 3.8) is 0 Å². The number of aromatic nitrogens is 1. The summed E-state index contributed by atoms with van der Waals surface area (Å²) >= 11 is 0. The van der Waals surface area contributed by atoms with E-state index in [1.165, 1.54) is 0 Å². The van der Waals surface area contributed by atoms with Crippen molar-refractivity contribution in [1.29, 1.82) is 0 Å². The molecule has 1 rings (SSSR count). The van der Waals surface area contributed by atoms with Gasteiger partial charge in [-0.05, 0) is 23.5 Å². The van der Waals surface area contributed by atoms with Gasteiger partial charge in [-0.15, -0.1) is 0 Å². The maximum atomic E-state index is 12.7. The molecule has 3 N–H and O–H groups in total. The average Bonchev–Trinajstić information content (AvgIpc) is 2.34. The standard InChI is InChI=1S/C14H20F3N3O/c1-8(2)13(3,4)7-19-12-9(11(18)21)5-6-10(20-12)14(15,16)17/h5-6,8H,7H2,1-4H3,(H2,18,21)(H,19,20). The third kappa shape index (κ3) is 4.34. The van der Waals surface area contributed by atoms with E-state index in [-0.39, 0.29) is 16.8 Å². The summed E-state index contributed by atoms with van der Waals surface area (Å²) < 4.78 is 38.1. The number of amides is 1. The molecule has 0 spiro atoms. The van der Waals surface area contributed by atoms with Gasteiger partial charge < -0.3 is 11.1 Å². The molecule has 0 atom stereocenters. The molecule has 0 radical (unpaired) electrons. The van der Waals surface area contributed by atoms with Gasteiger partial charge in [-0.25, -0.2) is 4.98 Å². The molecule has 1 aromatic rings. The lowest BCUT2D eigenvalue weighted by molar-refractivity contribution is -0.141. The molecular weight excluding hydrogens is 283 g/mol. The number of nitrogens with one attached hydrogen (secondary N) is 1. The van der Waals surface area contributed by atoms with Crippen LogP contribution in [0.4, 0.5) is 19.0 Å². The third-order valence-corrected chi connectivity index (χ3v) is 3.73. The Labute approximate surface area is 121 Å². The third-order valence-electron chi connectivity index (χ3n) is 3.73. The van der Waals surface area contributed by atoms with E-state index in [2.05, 4.69) is 10.3 Å². The maximum Gasteiger partial charge on any atom is 0.433 e. The number of primary amides is 1. The summed E-state index contributed by atoms with van der Waals surface area (Å²) in [7, 11) is 0. The van der Waals surface area contributed by atoms with Crippen molar-refractivity contribution in [2.45, 2.75) is 33.9 Å². The van der Waals surface area contributed by atoms with Crippen LogP contribution in [0.3, 0.4) is 0 Å². The molecule has 0 aliphatic carbocycles. The number of hydrogen-bond acceptors (Lipinski definition) is 3. The second kappa shape index (κ2) is 5.91. The highest BCUT2D eigenvalue weighted by atomic mass is 19.4. The van der Waals surface area contributed by atoms with Gasteiger partial charge in [0.25, 0.3) is 5.91 Å². The van der Waals surface area contributed by atoms with Crippen LogP contribution in [0.5, 0.6) is 0 Å². The largest absolute Gasteiger partial charge is 0.433 e. The fourth-order valence-corrected chi connectivity index (χ4v) is 1.47. The van der Waals surface area contributed by atoms with Gasteiger partial charge in [-0.3, -0.25) is 4.79 Å². The summed E-state index contributed by atoms with van der Waals surface area (Å²) in [5.74, 6) is -0.653. The Balaban J connectivity index is 3.11. The smallest absolute Gasteiger partial charge is 0.369 e. The summed E-state index contributed by atoms with van der Waals surface area (Å²) in [6.07, 6.45) is -4.57. The van der Waals surface area contributed by atoms with Gasteiger partial charge in [0.15, 0.2) is 0 Å². The minimum Gasteiger partial charge on any atom is -0.369 e. The monoisotopic (exact) mass is 303 g/mol. The number of pyridine rings is 1. The van der Waals surface area contributed by atoms with Gasteiger partial charge in [0.05, 0.1) is 5.56 Å². The lowest BCUT2D eigenvalue weighted by Crippen LogP contribution is -2.30. The van der Waals surface area contributed by atoms with E-state index >= 15 is 0 Å². The summed E-state index contributed by atoms with van der Waals surface area (Å²) in [5.41, 5.74) is 3.89. The molecule has 21 heavy (non-hydrogen) atoms. The number of nitrogens with two attached hydrogens (primary N) is 1. The quantitative estimate of drug-likeness (QED) is 0.877. The van der Waals surface area contributed by atoms with Gasteiger partial charge >= 0.3 is 6.18 Å². The van der Waals surface area contributed by atoms with Crippen LogP contribution >= 0.6 is 0 Å². The van der Waals surface area contributed by atoms with E-state index < -0.39 is 17.8 Å². The Bertz CT molecular complexity index is 525. The van der Waals surface area contributed by atoms with Crippen LogP contribution in [0, 0.1) is 11.3 Å². The summed E-state index contributed by atoms with van der Waals surface area (Å²) in [6.45, 7) is 8.34. The Morgan fingerprint density at radius 2 is 1.90 bits per heavy atom. The first-order chi connectivity index (χ1) is 9.45. The fourth-order valence-electron chi connectivity index (χ4n) is 1.47. The van der Waals surface area contributed by atoms with E-state index in [0.717, 1.165) is 12.1 Å². The zero-order valence-electron chi connectivity index (χ0n) is 12.5. The van der Waals surface area contributed by atoms with Gasteiger partial charge in [0.2, 0.25) is 0 Å². The van der Waals surface area contributed by atoms with Crippen molar-refractivity contribution in [2.75, 3.05) is 11.9 Å². The molecule has 0 fully saturated rings. The number of carbonyl (C=O) groups is 1. The van der Waals surface area contributed by atoms with Crippen molar-refractivity contribution in [3.05, 3.63) is 23.4 Å². The first-order valence-corrected chi connectivity index (χ1v) is 6.57. The predicted octanol–water partition coefficient (Wildman–Crippen LogP) is 3.29. The Morgan fingerprint density at radius 3 is 2.33 bits per heavy atom.